The lowest BCUT2D eigenvalue weighted by Gasteiger charge is -2.26. The second kappa shape index (κ2) is 20.8. The van der Waals surface area contributed by atoms with Crippen LogP contribution in [0.5, 0.6) is 0 Å². The zero-order valence-electron chi connectivity index (χ0n) is 53.3. The molecule has 0 fully saturated rings. The zero-order valence-corrected chi connectivity index (χ0v) is 53.3. The predicted octanol–water partition coefficient (Wildman–Crippen LogP) is 24.0. The summed E-state index contributed by atoms with van der Waals surface area (Å²) in [4.78, 5) is 4.68. The number of benzene rings is 13. The van der Waals surface area contributed by atoms with Gasteiger partial charge in [0.05, 0.1) is 11.0 Å². The summed E-state index contributed by atoms with van der Waals surface area (Å²) < 4.78 is 5.02. The van der Waals surface area contributed by atoms with Gasteiger partial charge in [0.15, 0.2) is 0 Å². The van der Waals surface area contributed by atoms with E-state index >= 15 is 0 Å². The van der Waals surface area contributed by atoms with Crippen LogP contribution in [0.4, 0.5) is 34.1 Å². The summed E-state index contributed by atoms with van der Waals surface area (Å²) in [5.41, 5.74) is 31.6. The van der Waals surface area contributed by atoms with Crippen LogP contribution >= 0.6 is 0 Å². The Bertz CT molecular complexity index is 5040. The number of aromatic nitrogens is 2. The summed E-state index contributed by atoms with van der Waals surface area (Å²) >= 11 is 0. The number of fused-ring (bicyclic) bond motifs is 10. The minimum absolute atomic E-state index is 0.200. The van der Waals surface area contributed by atoms with Crippen molar-refractivity contribution in [1.29, 1.82) is 0 Å². The molecule has 0 saturated heterocycles. The smallest absolute Gasteiger partial charge is 0.0540 e. The van der Waals surface area contributed by atoms with Crippen molar-refractivity contribution in [2.45, 2.75) is 66.2 Å². The van der Waals surface area contributed by atoms with Gasteiger partial charge in [0, 0.05) is 78.5 Å². The Labute approximate surface area is 539 Å². The lowest BCUT2D eigenvalue weighted by atomic mass is 9.79. The molecule has 2 aliphatic rings. The lowest BCUT2D eigenvalue weighted by molar-refractivity contribution is 0.660. The van der Waals surface area contributed by atoms with Crippen molar-refractivity contribution < 1.29 is 0 Å². The average Bonchev–Trinajstić information content (AvgIpc) is 1.36. The van der Waals surface area contributed by atoms with Gasteiger partial charge in [-0.05, 0) is 261 Å². The van der Waals surface area contributed by atoms with Crippen molar-refractivity contribution in [3.05, 3.63) is 324 Å². The third-order valence-corrected chi connectivity index (χ3v) is 20.9. The first-order valence-corrected chi connectivity index (χ1v) is 32.4. The Hall–Kier alpha value is -10.9. The summed E-state index contributed by atoms with van der Waals surface area (Å²) in [6.45, 7) is 18.9. The molecule has 0 unspecified atom stereocenters. The third kappa shape index (κ3) is 8.29. The molecule has 0 aliphatic heterocycles. The van der Waals surface area contributed by atoms with Gasteiger partial charge in [-0.15, -0.1) is 0 Å². The molecule has 13 aromatic carbocycles. The van der Waals surface area contributed by atoms with Crippen molar-refractivity contribution in [1.82, 2.24) is 9.13 Å². The molecule has 4 nitrogen and oxygen atoms in total. The highest BCUT2D eigenvalue weighted by Crippen LogP contribution is 2.55. The van der Waals surface area contributed by atoms with Crippen molar-refractivity contribution in [2.75, 3.05) is 9.80 Å². The normalized spacial score (nSPS) is 13.4. The van der Waals surface area contributed by atoms with Crippen molar-refractivity contribution in [3.8, 4) is 55.9 Å². The highest BCUT2D eigenvalue weighted by atomic mass is 15.1. The minimum atomic E-state index is -0.200. The van der Waals surface area contributed by atoms with Gasteiger partial charge in [0.25, 0.3) is 0 Å². The Morgan fingerprint density at radius 1 is 0.261 bits per heavy atom. The SMILES string of the molecule is Cc1c(C)n(-c2ccc(N(c3ccccc3)c3ccccc3)cc2)c2cc3c(-c4ccc5c(c4)C(C)(C)c4ccccc4-5)c4cc5c(C)c(C)n(-c6ccc(N(c7ccccc7)c7ccccc7)cc6)c5cc4c(-c4ccc5c(c4)C(C)(C)c4ccccc4-5)c3cc12. The molecule has 2 aromatic heterocycles. The van der Waals surface area contributed by atoms with E-state index in [-0.39, 0.29) is 10.8 Å². The number of para-hydroxylation sites is 4. The van der Waals surface area contributed by atoms with E-state index < -0.39 is 0 Å². The first-order chi connectivity index (χ1) is 44.8. The molecule has 2 heterocycles. The molecule has 2 aliphatic carbocycles. The fourth-order valence-electron chi connectivity index (χ4n) is 16.1. The Morgan fingerprint density at radius 3 is 0.902 bits per heavy atom. The van der Waals surface area contributed by atoms with Crippen LogP contribution in [0.3, 0.4) is 0 Å². The Morgan fingerprint density at radius 2 is 0.554 bits per heavy atom. The highest BCUT2D eigenvalue weighted by Gasteiger charge is 2.38. The Kier molecular flexibility index (Phi) is 12.5. The second-order valence-electron chi connectivity index (χ2n) is 26.6. The minimum Gasteiger partial charge on any atom is -0.314 e. The standard InChI is InChI=1S/C88H70N4/c1-55-57(3)89(65-39-43-67(44-40-65)91(61-25-13-9-14-26-61)62-27-15-10-16-28-62)83-53-77-75(51-73(55)83)85(59-37-47-71-69-33-21-23-35-79(69)87(5,6)81(71)49-59)78-54-84-74(52-76(78)86(77)60-38-48-72-70-34-22-24-36-80(70)88(7,8)82(72)50-60)56(2)58(4)90(84)66-41-45-68(46-42-66)92(63-29-17-11-18-30-63)64-31-19-12-20-32-64/h9-54H,1-8H3. The molecular weight excluding hydrogens is 1110 g/mol. The first-order valence-electron chi connectivity index (χ1n) is 32.4. The van der Waals surface area contributed by atoms with E-state index in [1.165, 1.54) is 133 Å². The lowest BCUT2D eigenvalue weighted by Crippen LogP contribution is -2.15. The third-order valence-electron chi connectivity index (χ3n) is 20.9. The van der Waals surface area contributed by atoms with E-state index in [4.69, 9.17) is 0 Å². The van der Waals surface area contributed by atoms with E-state index in [0.717, 1.165) is 45.5 Å². The Balaban J connectivity index is 0.943. The number of hydrogen-bond acceptors (Lipinski definition) is 2. The number of anilines is 6. The molecule has 0 bridgehead atoms. The van der Waals surface area contributed by atoms with Crippen LogP contribution in [0.25, 0.3) is 99.2 Å². The maximum atomic E-state index is 2.56. The van der Waals surface area contributed by atoms with Crippen LogP contribution in [0.2, 0.25) is 0 Å². The first kappa shape index (κ1) is 55.2. The molecule has 4 heteroatoms. The van der Waals surface area contributed by atoms with Gasteiger partial charge in [-0.3, -0.25) is 0 Å². The van der Waals surface area contributed by atoms with E-state index in [1.54, 1.807) is 0 Å². The summed E-state index contributed by atoms with van der Waals surface area (Å²) in [5, 5.41) is 7.44. The maximum absolute atomic E-state index is 2.56. The summed E-state index contributed by atoms with van der Waals surface area (Å²) in [6, 6.07) is 104. The molecule has 0 N–H and O–H groups in total. The van der Waals surface area contributed by atoms with E-state index in [2.05, 4.69) is 353 Å². The average molecular weight is 1180 g/mol. The largest absolute Gasteiger partial charge is 0.314 e. The van der Waals surface area contributed by atoms with Crippen molar-refractivity contribution >= 4 is 77.5 Å². The van der Waals surface area contributed by atoms with Crippen LogP contribution in [-0.4, -0.2) is 9.13 Å². The summed E-state index contributed by atoms with van der Waals surface area (Å²) in [7, 11) is 0. The number of rotatable bonds is 10. The zero-order chi connectivity index (χ0) is 62.3. The molecule has 0 saturated carbocycles. The number of nitrogens with zero attached hydrogens (tertiary/aromatic N) is 4. The van der Waals surface area contributed by atoms with Crippen LogP contribution in [0.1, 0.15) is 72.5 Å². The highest BCUT2D eigenvalue weighted by molar-refractivity contribution is 6.26. The van der Waals surface area contributed by atoms with Gasteiger partial charge in [-0.25, -0.2) is 0 Å². The van der Waals surface area contributed by atoms with Crippen LogP contribution < -0.4 is 9.80 Å². The van der Waals surface area contributed by atoms with E-state index in [9.17, 15) is 0 Å². The molecule has 0 radical (unpaired) electrons. The molecule has 442 valence electrons. The molecule has 0 atom stereocenters. The monoisotopic (exact) mass is 1180 g/mol. The summed E-state index contributed by atoms with van der Waals surface area (Å²) in [6.07, 6.45) is 0. The molecule has 15 aromatic rings. The van der Waals surface area contributed by atoms with Gasteiger partial charge in [0.1, 0.15) is 0 Å². The van der Waals surface area contributed by atoms with Gasteiger partial charge >= 0.3 is 0 Å². The molecule has 0 amide bonds. The fourth-order valence-corrected chi connectivity index (χ4v) is 16.1. The van der Waals surface area contributed by atoms with Gasteiger partial charge in [0.2, 0.25) is 0 Å². The fraction of sp³-hybridized carbons (Fsp3) is 0.114. The maximum Gasteiger partial charge on any atom is 0.0540 e. The topological polar surface area (TPSA) is 16.3 Å². The number of hydrogen-bond donors (Lipinski definition) is 0. The van der Waals surface area contributed by atoms with Crippen molar-refractivity contribution in [2.24, 2.45) is 0 Å². The summed E-state index contributed by atoms with van der Waals surface area (Å²) in [5.74, 6) is 0. The second-order valence-corrected chi connectivity index (χ2v) is 26.6. The van der Waals surface area contributed by atoms with Crippen LogP contribution in [-0.2, 0) is 10.8 Å². The van der Waals surface area contributed by atoms with Gasteiger partial charge in [-0.2, -0.15) is 0 Å². The van der Waals surface area contributed by atoms with Gasteiger partial charge < -0.3 is 18.9 Å². The molecular formula is C88H70N4. The molecule has 0 spiro atoms. The predicted molar refractivity (Wildman–Crippen MR) is 389 cm³/mol. The van der Waals surface area contributed by atoms with Gasteiger partial charge in [-0.1, -0.05) is 173 Å². The van der Waals surface area contributed by atoms with E-state index in [1.807, 2.05) is 0 Å². The molecule has 92 heavy (non-hydrogen) atoms. The number of aryl methyl sites for hydroxylation is 2. The van der Waals surface area contributed by atoms with E-state index in [0.29, 0.717) is 0 Å². The molecule has 17 rings (SSSR count). The van der Waals surface area contributed by atoms with Crippen LogP contribution in [0, 0.1) is 27.7 Å². The quantitative estimate of drug-likeness (QED) is 0.127. The van der Waals surface area contributed by atoms with Crippen LogP contribution in [0.15, 0.2) is 279 Å². The van der Waals surface area contributed by atoms with Crippen molar-refractivity contribution in [3.63, 3.8) is 0 Å².